The number of hydrogen-bond donors (Lipinski definition) is 1. The highest BCUT2D eigenvalue weighted by molar-refractivity contribution is 6.29. The van der Waals surface area contributed by atoms with Crippen LogP contribution < -0.4 is 5.32 Å². The summed E-state index contributed by atoms with van der Waals surface area (Å²) in [5.41, 5.74) is 1.34. The van der Waals surface area contributed by atoms with Crippen LogP contribution in [0.5, 0.6) is 0 Å². The van der Waals surface area contributed by atoms with Crippen LogP contribution in [0.3, 0.4) is 0 Å². The van der Waals surface area contributed by atoms with E-state index in [9.17, 15) is 4.79 Å². The minimum Gasteiger partial charge on any atom is -0.380 e. The van der Waals surface area contributed by atoms with E-state index in [-0.39, 0.29) is 17.9 Å². The highest BCUT2D eigenvalue weighted by Gasteiger charge is 2.11. The number of hydrogen-bond acceptors (Lipinski definition) is 3. The van der Waals surface area contributed by atoms with E-state index in [0.717, 1.165) is 5.69 Å². The maximum absolute atomic E-state index is 11.9. The number of ether oxygens (including phenoxy) is 1. The molecule has 1 N–H and O–H groups in total. The zero-order chi connectivity index (χ0) is 13.7. The van der Waals surface area contributed by atoms with E-state index in [1.54, 1.807) is 19.2 Å². The van der Waals surface area contributed by atoms with Gasteiger partial charge in [-0.25, -0.2) is 4.98 Å². The van der Waals surface area contributed by atoms with Crippen molar-refractivity contribution in [2.45, 2.75) is 32.8 Å². The van der Waals surface area contributed by atoms with E-state index in [4.69, 9.17) is 16.3 Å². The van der Waals surface area contributed by atoms with E-state index in [0.29, 0.717) is 17.3 Å². The second-order valence-electron chi connectivity index (χ2n) is 4.51. The van der Waals surface area contributed by atoms with Gasteiger partial charge in [0.25, 0.3) is 5.91 Å². The van der Waals surface area contributed by atoms with E-state index < -0.39 is 0 Å². The molecule has 1 atom stereocenters. The van der Waals surface area contributed by atoms with Crippen molar-refractivity contribution in [1.82, 2.24) is 10.3 Å². The molecule has 0 spiro atoms. The Balaban J connectivity index is 2.79. The largest absolute Gasteiger partial charge is 0.380 e. The number of halogens is 1. The maximum Gasteiger partial charge on any atom is 0.251 e. The van der Waals surface area contributed by atoms with Crippen molar-refractivity contribution in [3.63, 3.8) is 0 Å². The molecule has 0 saturated heterocycles. The van der Waals surface area contributed by atoms with Crippen molar-refractivity contribution in [2.24, 2.45) is 0 Å². The second kappa shape index (κ2) is 6.71. The minimum atomic E-state index is -0.162. The van der Waals surface area contributed by atoms with Crippen LogP contribution in [0, 0.1) is 0 Å². The van der Waals surface area contributed by atoms with Gasteiger partial charge in [0.1, 0.15) is 5.15 Å². The zero-order valence-corrected chi connectivity index (χ0v) is 11.9. The first-order valence-electron chi connectivity index (χ1n) is 5.92. The first kappa shape index (κ1) is 14.9. The van der Waals surface area contributed by atoms with Gasteiger partial charge in [0.2, 0.25) is 0 Å². The fourth-order valence-corrected chi connectivity index (χ4v) is 1.58. The molecule has 0 aliphatic rings. The third-order valence-electron chi connectivity index (χ3n) is 2.62. The first-order chi connectivity index (χ1) is 8.43. The van der Waals surface area contributed by atoms with Crippen LogP contribution in [0.25, 0.3) is 0 Å². The fraction of sp³-hybridized carbons (Fsp3) is 0.538. The lowest BCUT2D eigenvalue weighted by atomic mass is 10.1. The van der Waals surface area contributed by atoms with Gasteiger partial charge in [0.15, 0.2) is 0 Å². The SMILES string of the molecule is COC(C)CNC(=O)c1cc(Cl)nc(C(C)C)c1. The summed E-state index contributed by atoms with van der Waals surface area (Å²) in [6.07, 6.45) is -0.0178. The maximum atomic E-state index is 11.9. The van der Waals surface area contributed by atoms with Gasteiger partial charge in [-0.1, -0.05) is 25.4 Å². The van der Waals surface area contributed by atoms with Crippen LogP contribution in [0.4, 0.5) is 0 Å². The van der Waals surface area contributed by atoms with Crippen LogP contribution in [-0.2, 0) is 4.74 Å². The lowest BCUT2D eigenvalue weighted by molar-refractivity contribution is 0.0870. The Bertz CT molecular complexity index is 421. The highest BCUT2D eigenvalue weighted by Crippen LogP contribution is 2.17. The fourth-order valence-electron chi connectivity index (χ4n) is 1.37. The van der Waals surface area contributed by atoms with Crippen LogP contribution >= 0.6 is 11.6 Å². The lowest BCUT2D eigenvalue weighted by Gasteiger charge is -2.12. The number of pyridine rings is 1. The highest BCUT2D eigenvalue weighted by atomic mass is 35.5. The van der Waals surface area contributed by atoms with Crippen molar-refractivity contribution in [3.05, 3.63) is 28.5 Å². The molecule has 1 unspecified atom stereocenters. The number of carbonyl (C=O) groups excluding carboxylic acids is 1. The first-order valence-corrected chi connectivity index (χ1v) is 6.30. The predicted octanol–water partition coefficient (Wildman–Crippen LogP) is 2.62. The van der Waals surface area contributed by atoms with E-state index in [1.165, 1.54) is 0 Å². The smallest absolute Gasteiger partial charge is 0.251 e. The average molecular weight is 271 g/mol. The molecule has 5 heteroatoms. The molecule has 0 aliphatic carbocycles. The summed E-state index contributed by atoms with van der Waals surface area (Å²) >= 11 is 5.91. The summed E-state index contributed by atoms with van der Waals surface area (Å²) in [5, 5.41) is 3.13. The number of nitrogens with zero attached hydrogens (tertiary/aromatic N) is 1. The van der Waals surface area contributed by atoms with Crippen molar-refractivity contribution in [1.29, 1.82) is 0 Å². The van der Waals surface area contributed by atoms with Gasteiger partial charge in [-0.05, 0) is 25.0 Å². The van der Waals surface area contributed by atoms with Crippen molar-refractivity contribution >= 4 is 17.5 Å². The Morgan fingerprint density at radius 1 is 1.44 bits per heavy atom. The number of amides is 1. The van der Waals surface area contributed by atoms with Crippen LogP contribution in [0.2, 0.25) is 5.15 Å². The molecule has 1 amide bonds. The summed E-state index contributed by atoms with van der Waals surface area (Å²) in [6.45, 7) is 6.37. The van der Waals surface area contributed by atoms with Gasteiger partial charge < -0.3 is 10.1 Å². The number of aromatic nitrogens is 1. The molecule has 18 heavy (non-hydrogen) atoms. The molecule has 1 aromatic heterocycles. The van der Waals surface area contributed by atoms with E-state index in [2.05, 4.69) is 10.3 Å². The third-order valence-corrected chi connectivity index (χ3v) is 2.81. The molecule has 0 aromatic carbocycles. The Hall–Kier alpha value is -1.13. The van der Waals surface area contributed by atoms with Gasteiger partial charge in [-0.3, -0.25) is 4.79 Å². The Morgan fingerprint density at radius 2 is 2.11 bits per heavy atom. The van der Waals surface area contributed by atoms with Gasteiger partial charge in [-0.2, -0.15) is 0 Å². The minimum absolute atomic E-state index is 0.0178. The molecule has 0 aliphatic heterocycles. The van der Waals surface area contributed by atoms with Gasteiger partial charge in [0, 0.05) is 24.9 Å². The molecule has 1 heterocycles. The van der Waals surface area contributed by atoms with Crippen LogP contribution in [0.15, 0.2) is 12.1 Å². The van der Waals surface area contributed by atoms with Gasteiger partial charge >= 0.3 is 0 Å². The molecule has 0 fully saturated rings. The van der Waals surface area contributed by atoms with Gasteiger partial charge in [-0.15, -0.1) is 0 Å². The Morgan fingerprint density at radius 3 is 2.67 bits per heavy atom. The molecule has 4 nitrogen and oxygen atoms in total. The van der Waals surface area contributed by atoms with Crippen molar-refractivity contribution < 1.29 is 9.53 Å². The van der Waals surface area contributed by atoms with Crippen LogP contribution in [-0.4, -0.2) is 30.6 Å². The second-order valence-corrected chi connectivity index (χ2v) is 4.90. The summed E-state index contributed by atoms with van der Waals surface area (Å²) in [4.78, 5) is 16.1. The van der Waals surface area contributed by atoms with Gasteiger partial charge in [0.05, 0.1) is 6.10 Å². The molecule has 1 aromatic rings. The summed E-state index contributed by atoms with van der Waals surface area (Å²) < 4.78 is 5.07. The Kier molecular flexibility index (Phi) is 5.56. The molecule has 0 radical (unpaired) electrons. The van der Waals surface area contributed by atoms with E-state index in [1.807, 2.05) is 20.8 Å². The molecule has 0 bridgehead atoms. The standard InChI is InChI=1S/C13H19ClN2O2/c1-8(2)11-5-10(6-12(14)16-11)13(17)15-7-9(3)18-4/h5-6,8-9H,7H2,1-4H3,(H,15,17). The molecule has 1 rings (SSSR count). The number of nitrogens with one attached hydrogen (secondary N) is 1. The monoisotopic (exact) mass is 270 g/mol. The topological polar surface area (TPSA) is 51.2 Å². The summed E-state index contributed by atoms with van der Waals surface area (Å²) in [5.74, 6) is 0.0678. The van der Waals surface area contributed by atoms with Crippen LogP contribution in [0.1, 0.15) is 42.7 Å². The quantitative estimate of drug-likeness (QED) is 0.837. The molecular formula is C13H19ClN2O2. The summed E-state index contributed by atoms with van der Waals surface area (Å²) in [6, 6.07) is 3.34. The predicted molar refractivity (Wildman–Crippen MR) is 72.1 cm³/mol. The molecular weight excluding hydrogens is 252 g/mol. The Labute approximate surface area is 113 Å². The average Bonchev–Trinajstić information content (AvgIpc) is 2.34. The van der Waals surface area contributed by atoms with E-state index >= 15 is 0 Å². The molecule has 0 saturated carbocycles. The summed E-state index contributed by atoms with van der Waals surface area (Å²) in [7, 11) is 1.61. The normalized spacial score (nSPS) is 12.6. The lowest BCUT2D eigenvalue weighted by Crippen LogP contribution is -2.31. The third kappa shape index (κ3) is 4.27. The van der Waals surface area contributed by atoms with Crippen molar-refractivity contribution in [3.8, 4) is 0 Å². The number of carbonyl (C=O) groups is 1. The number of methoxy groups -OCH3 is 1. The zero-order valence-electron chi connectivity index (χ0n) is 11.2. The molecule has 100 valence electrons. The van der Waals surface area contributed by atoms with Crippen molar-refractivity contribution in [2.75, 3.05) is 13.7 Å². The number of rotatable bonds is 5.